The molecule has 1 aromatic carbocycles. The third-order valence-electron chi connectivity index (χ3n) is 2.37. The van der Waals surface area contributed by atoms with Crippen molar-refractivity contribution in [3.63, 3.8) is 0 Å². The van der Waals surface area contributed by atoms with Gasteiger partial charge in [-0.3, -0.25) is 0 Å². The summed E-state index contributed by atoms with van der Waals surface area (Å²) in [7, 11) is 0. The number of fused-ring (bicyclic) bond motifs is 1. The molecule has 0 saturated carbocycles. The van der Waals surface area contributed by atoms with Gasteiger partial charge in [-0.15, -0.1) is 0 Å². The fourth-order valence-corrected chi connectivity index (χ4v) is 2.11. The first-order valence-corrected chi connectivity index (χ1v) is 5.73. The van der Waals surface area contributed by atoms with E-state index >= 15 is 0 Å². The van der Waals surface area contributed by atoms with Crippen molar-refractivity contribution < 1.29 is 4.42 Å². The number of rotatable bonds is 2. The molecule has 0 spiro atoms. The molecule has 0 aliphatic heterocycles. The van der Waals surface area contributed by atoms with Gasteiger partial charge in [-0.2, -0.15) is 0 Å². The molecule has 2 aromatic rings. The van der Waals surface area contributed by atoms with Crippen LogP contribution in [-0.2, 0) is 0 Å². The lowest BCUT2D eigenvalue weighted by atomic mass is 10.2. The lowest BCUT2D eigenvalue weighted by Crippen LogP contribution is -2.08. The first-order chi connectivity index (χ1) is 7.11. The molecule has 0 aliphatic rings. The van der Waals surface area contributed by atoms with E-state index in [0.717, 1.165) is 27.6 Å². The highest BCUT2D eigenvalue weighted by Crippen LogP contribution is 2.28. The maximum absolute atomic E-state index is 5.87. The van der Waals surface area contributed by atoms with Crippen LogP contribution in [0.5, 0.6) is 0 Å². The van der Waals surface area contributed by atoms with Crippen LogP contribution in [0.2, 0.25) is 0 Å². The first kappa shape index (κ1) is 10.6. The predicted octanol–water partition coefficient (Wildman–Crippen LogP) is 3.31. The van der Waals surface area contributed by atoms with E-state index in [9.17, 15) is 0 Å². The normalized spacial score (nSPS) is 13.3. The minimum Gasteiger partial charge on any atom is -0.439 e. The van der Waals surface area contributed by atoms with E-state index in [0.29, 0.717) is 5.89 Å². The number of hydrogen-bond acceptors (Lipinski definition) is 3. The van der Waals surface area contributed by atoms with Crippen LogP contribution < -0.4 is 5.73 Å². The Kier molecular flexibility index (Phi) is 2.80. The zero-order valence-electron chi connectivity index (χ0n) is 8.75. The van der Waals surface area contributed by atoms with Gasteiger partial charge in [-0.05, 0) is 47.0 Å². The van der Waals surface area contributed by atoms with Crippen LogP contribution in [0.4, 0.5) is 0 Å². The minimum atomic E-state index is -0.121. The summed E-state index contributed by atoms with van der Waals surface area (Å²) in [5.41, 5.74) is 8.65. The van der Waals surface area contributed by atoms with Crippen molar-refractivity contribution >= 4 is 27.0 Å². The van der Waals surface area contributed by atoms with E-state index in [1.54, 1.807) is 0 Å². The molecule has 1 atom stereocenters. The predicted molar refractivity (Wildman–Crippen MR) is 63.7 cm³/mol. The van der Waals surface area contributed by atoms with Gasteiger partial charge < -0.3 is 10.2 Å². The lowest BCUT2D eigenvalue weighted by Gasteiger charge is -2.00. The second-order valence-corrected chi connectivity index (χ2v) is 4.51. The number of nitrogens with zero attached hydrogens (tertiary/aromatic N) is 1. The van der Waals surface area contributed by atoms with Crippen molar-refractivity contribution in [3.8, 4) is 0 Å². The SMILES string of the molecule is CCC(N)c1nc2c(Br)cc(C)cc2o1. The highest BCUT2D eigenvalue weighted by atomic mass is 79.9. The van der Waals surface area contributed by atoms with Crippen molar-refractivity contribution in [1.29, 1.82) is 0 Å². The van der Waals surface area contributed by atoms with Crippen LogP contribution >= 0.6 is 15.9 Å². The van der Waals surface area contributed by atoms with E-state index in [2.05, 4.69) is 20.9 Å². The molecule has 2 N–H and O–H groups in total. The van der Waals surface area contributed by atoms with Gasteiger partial charge in [-0.25, -0.2) is 4.98 Å². The summed E-state index contributed by atoms with van der Waals surface area (Å²) in [5, 5.41) is 0. The van der Waals surface area contributed by atoms with Gasteiger partial charge in [0.05, 0.1) is 6.04 Å². The summed E-state index contributed by atoms with van der Waals surface area (Å²) in [6, 6.07) is 3.87. The third kappa shape index (κ3) is 1.92. The average Bonchev–Trinajstić information content (AvgIpc) is 2.60. The van der Waals surface area contributed by atoms with E-state index in [4.69, 9.17) is 10.2 Å². The Morgan fingerprint density at radius 3 is 2.93 bits per heavy atom. The Morgan fingerprint density at radius 1 is 1.53 bits per heavy atom. The standard InChI is InChI=1S/C11H13BrN2O/c1-3-8(13)11-14-10-7(12)4-6(2)5-9(10)15-11/h4-5,8H,3,13H2,1-2H3. The number of aryl methyl sites for hydroxylation is 1. The molecule has 0 amide bonds. The lowest BCUT2D eigenvalue weighted by molar-refractivity contribution is 0.469. The number of benzene rings is 1. The van der Waals surface area contributed by atoms with E-state index in [1.165, 1.54) is 0 Å². The molecule has 0 fully saturated rings. The van der Waals surface area contributed by atoms with Crippen LogP contribution in [0.25, 0.3) is 11.1 Å². The Balaban J connectivity index is 2.60. The molecule has 0 radical (unpaired) electrons. The van der Waals surface area contributed by atoms with Gasteiger partial charge in [0.15, 0.2) is 5.58 Å². The Labute approximate surface area is 96.8 Å². The van der Waals surface area contributed by atoms with Crippen molar-refractivity contribution in [2.24, 2.45) is 5.73 Å². The van der Waals surface area contributed by atoms with Crippen LogP contribution in [0.15, 0.2) is 21.0 Å². The average molecular weight is 269 g/mol. The second-order valence-electron chi connectivity index (χ2n) is 3.66. The maximum Gasteiger partial charge on any atom is 0.212 e. The minimum absolute atomic E-state index is 0.121. The van der Waals surface area contributed by atoms with E-state index in [-0.39, 0.29) is 6.04 Å². The molecular formula is C11H13BrN2O. The zero-order chi connectivity index (χ0) is 11.0. The molecule has 1 aromatic heterocycles. The fourth-order valence-electron chi connectivity index (χ4n) is 1.47. The van der Waals surface area contributed by atoms with Crippen molar-refractivity contribution in [1.82, 2.24) is 4.98 Å². The summed E-state index contributed by atoms with van der Waals surface area (Å²) >= 11 is 3.47. The van der Waals surface area contributed by atoms with Gasteiger partial charge >= 0.3 is 0 Å². The number of hydrogen-bond donors (Lipinski definition) is 1. The molecule has 0 bridgehead atoms. The van der Waals surface area contributed by atoms with Gasteiger partial charge in [0.2, 0.25) is 5.89 Å². The summed E-state index contributed by atoms with van der Waals surface area (Å²) in [5.74, 6) is 0.610. The van der Waals surface area contributed by atoms with Gasteiger partial charge in [0.25, 0.3) is 0 Å². The third-order valence-corrected chi connectivity index (χ3v) is 2.97. The molecule has 0 aliphatic carbocycles. The molecule has 4 heteroatoms. The molecule has 1 heterocycles. The van der Waals surface area contributed by atoms with Crippen molar-refractivity contribution in [3.05, 3.63) is 28.1 Å². The second kappa shape index (κ2) is 3.94. The van der Waals surface area contributed by atoms with Gasteiger partial charge in [0, 0.05) is 4.47 Å². The number of nitrogens with two attached hydrogens (primary N) is 1. The number of oxazole rings is 1. The zero-order valence-corrected chi connectivity index (χ0v) is 10.3. The number of aromatic nitrogens is 1. The topological polar surface area (TPSA) is 52.0 Å². The summed E-state index contributed by atoms with van der Waals surface area (Å²) in [6.45, 7) is 4.03. The van der Waals surface area contributed by atoms with Gasteiger partial charge in [-0.1, -0.05) is 6.92 Å². The largest absolute Gasteiger partial charge is 0.439 e. The first-order valence-electron chi connectivity index (χ1n) is 4.94. The monoisotopic (exact) mass is 268 g/mol. The van der Waals surface area contributed by atoms with Crippen LogP contribution in [0.3, 0.4) is 0 Å². The van der Waals surface area contributed by atoms with E-state index in [1.807, 2.05) is 26.0 Å². The van der Waals surface area contributed by atoms with Crippen LogP contribution in [0.1, 0.15) is 30.8 Å². The van der Waals surface area contributed by atoms with Crippen molar-refractivity contribution in [2.75, 3.05) is 0 Å². The summed E-state index contributed by atoms with van der Waals surface area (Å²) in [4.78, 5) is 4.39. The molecule has 15 heavy (non-hydrogen) atoms. The Morgan fingerprint density at radius 2 is 2.27 bits per heavy atom. The van der Waals surface area contributed by atoms with E-state index < -0.39 is 0 Å². The Bertz CT molecular complexity index is 493. The van der Waals surface area contributed by atoms with Crippen LogP contribution in [0, 0.1) is 6.92 Å². The molecule has 1 unspecified atom stereocenters. The smallest absolute Gasteiger partial charge is 0.212 e. The van der Waals surface area contributed by atoms with Crippen molar-refractivity contribution in [2.45, 2.75) is 26.3 Å². The summed E-state index contributed by atoms with van der Waals surface area (Å²) in [6.07, 6.45) is 0.823. The molecular weight excluding hydrogens is 256 g/mol. The summed E-state index contributed by atoms with van der Waals surface area (Å²) < 4.78 is 6.57. The molecule has 80 valence electrons. The molecule has 2 rings (SSSR count). The molecule has 0 saturated heterocycles. The van der Waals surface area contributed by atoms with Gasteiger partial charge in [0.1, 0.15) is 5.52 Å². The quantitative estimate of drug-likeness (QED) is 0.909. The van der Waals surface area contributed by atoms with Crippen LogP contribution in [-0.4, -0.2) is 4.98 Å². The number of halogens is 1. The Hall–Kier alpha value is -0.870. The highest BCUT2D eigenvalue weighted by molar-refractivity contribution is 9.10. The molecule has 3 nitrogen and oxygen atoms in total. The highest BCUT2D eigenvalue weighted by Gasteiger charge is 2.13. The fraction of sp³-hybridized carbons (Fsp3) is 0.364. The maximum atomic E-state index is 5.87.